The maximum atomic E-state index is 11.7. The zero-order valence-electron chi connectivity index (χ0n) is 12.1. The standard InChI is InChI=1S/C14H22N2O4/c1-14(2,3)7-9(15)6-12(17)16-8-10-4-5-11(20-10)13(18)19/h4-5,9H,6-8,15H2,1-3H3,(H,16,17)(H,18,19). The lowest BCUT2D eigenvalue weighted by Gasteiger charge is -2.22. The van der Waals surface area contributed by atoms with Crippen LogP contribution >= 0.6 is 0 Å². The summed E-state index contributed by atoms with van der Waals surface area (Å²) >= 11 is 0. The van der Waals surface area contributed by atoms with Gasteiger partial charge in [-0.25, -0.2) is 4.79 Å². The van der Waals surface area contributed by atoms with Crippen molar-refractivity contribution in [1.82, 2.24) is 5.32 Å². The molecule has 0 aromatic carbocycles. The van der Waals surface area contributed by atoms with Crippen LogP contribution in [0.4, 0.5) is 0 Å². The number of aromatic carboxylic acids is 1. The van der Waals surface area contributed by atoms with Crippen LogP contribution < -0.4 is 11.1 Å². The summed E-state index contributed by atoms with van der Waals surface area (Å²) in [4.78, 5) is 22.3. The highest BCUT2D eigenvalue weighted by Crippen LogP contribution is 2.20. The van der Waals surface area contributed by atoms with Gasteiger partial charge >= 0.3 is 5.97 Å². The second-order valence-corrected chi connectivity index (χ2v) is 6.08. The van der Waals surface area contributed by atoms with Gasteiger partial charge in [0.25, 0.3) is 0 Å². The molecule has 0 bridgehead atoms. The summed E-state index contributed by atoms with van der Waals surface area (Å²) in [5, 5.41) is 11.4. The molecule has 1 unspecified atom stereocenters. The van der Waals surface area contributed by atoms with Crippen LogP contribution in [0, 0.1) is 5.41 Å². The lowest BCUT2D eigenvalue weighted by atomic mass is 9.87. The molecule has 0 saturated carbocycles. The molecule has 0 radical (unpaired) electrons. The van der Waals surface area contributed by atoms with Gasteiger partial charge in [-0.15, -0.1) is 0 Å². The number of carbonyl (C=O) groups excluding carboxylic acids is 1. The molecule has 112 valence electrons. The van der Waals surface area contributed by atoms with Gasteiger partial charge in [0.2, 0.25) is 11.7 Å². The molecular formula is C14H22N2O4. The van der Waals surface area contributed by atoms with E-state index in [1.54, 1.807) is 0 Å². The first-order valence-corrected chi connectivity index (χ1v) is 6.51. The van der Waals surface area contributed by atoms with E-state index in [1.807, 2.05) is 0 Å². The number of carboxylic acid groups (broad SMARTS) is 1. The number of nitrogens with one attached hydrogen (secondary N) is 1. The first-order valence-electron chi connectivity index (χ1n) is 6.51. The zero-order chi connectivity index (χ0) is 15.3. The van der Waals surface area contributed by atoms with Crippen molar-refractivity contribution in [1.29, 1.82) is 0 Å². The molecule has 1 atom stereocenters. The van der Waals surface area contributed by atoms with Gasteiger partial charge in [0, 0.05) is 12.5 Å². The molecule has 0 saturated heterocycles. The molecule has 0 aliphatic carbocycles. The molecule has 20 heavy (non-hydrogen) atoms. The summed E-state index contributed by atoms with van der Waals surface area (Å²) in [6, 6.07) is 2.69. The Kier molecular flexibility index (Phi) is 5.33. The van der Waals surface area contributed by atoms with Gasteiger partial charge in [0.1, 0.15) is 5.76 Å². The minimum atomic E-state index is -1.13. The zero-order valence-corrected chi connectivity index (χ0v) is 12.1. The Morgan fingerprint density at radius 3 is 2.55 bits per heavy atom. The van der Waals surface area contributed by atoms with Gasteiger partial charge in [-0.2, -0.15) is 0 Å². The van der Waals surface area contributed by atoms with Gasteiger partial charge in [-0.1, -0.05) is 20.8 Å². The van der Waals surface area contributed by atoms with Crippen molar-refractivity contribution in [2.75, 3.05) is 0 Å². The van der Waals surface area contributed by atoms with Gasteiger partial charge in [0.15, 0.2) is 0 Å². The summed E-state index contributed by atoms with van der Waals surface area (Å²) in [5.41, 5.74) is 5.99. The average Bonchev–Trinajstić information content (AvgIpc) is 2.72. The summed E-state index contributed by atoms with van der Waals surface area (Å²) < 4.78 is 5.04. The van der Waals surface area contributed by atoms with Crippen LogP contribution in [0.3, 0.4) is 0 Å². The van der Waals surface area contributed by atoms with Crippen molar-refractivity contribution in [3.05, 3.63) is 23.7 Å². The number of nitrogens with two attached hydrogens (primary N) is 1. The van der Waals surface area contributed by atoms with Crippen LogP contribution in [-0.4, -0.2) is 23.0 Å². The molecule has 1 rings (SSSR count). The third-order valence-electron chi connectivity index (χ3n) is 2.65. The molecule has 0 aliphatic rings. The molecule has 1 aromatic heterocycles. The minimum absolute atomic E-state index is 0.0805. The Morgan fingerprint density at radius 1 is 1.40 bits per heavy atom. The van der Waals surface area contributed by atoms with Crippen molar-refractivity contribution >= 4 is 11.9 Å². The largest absolute Gasteiger partial charge is 0.475 e. The first-order chi connectivity index (χ1) is 9.17. The molecular weight excluding hydrogens is 260 g/mol. The normalized spacial score (nSPS) is 13.0. The second-order valence-electron chi connectivity index (χ2n) is 6.08. The molecule has 1 aromatic rings. The van der Waals surface area contributed by atoms with Crippen LogP contribution in [0.2, 0.25) is 0 Å². The van der Waals surface area contributed by atoms with Crippen LogP contribution in [0.5, 0.6) is 0 Å². The highest BCUT2D eigenvalue weighted by molar-refractivity contribution is 5.84. The average molecular weight is 282 g/mol. The van der Waals surface area contributed by atoms with Crippen LogP contribution in [0.1, 0.15) is 49.9 Å². The van der Waals surface area contributed by atoms with Crippen molar-refractivity contribution < 1.29 is 19.1 Å². The maximum absolute atomic E-state index is 11.7. The lowest BCUT2D eigenvalue weighted by molar-refractivity contribution is -0.121. The van der Waals surface area contributed by atoms with Crippen LogP contribution in [0.15, 0.2) is 16.5 Å². The number of hydrogen-bond donors (Lipinski definition) is 3. The fraction of sp³-hybridized carbons (Fsp3) is 0.571. The molecule has 1 amide bonds. The Morgan fingerprint density at radius 2 is 2.05 bits per heavy atom. The molecule has 6 nitrogen and oxygen atoms in total. The van der Waals surface area contributed by atoms with Gasteiger partial charge in [-0.05, 0) is 24.0 Å². The summed E-state index contributed by atoms with van der Waals surface area (Å²) in [6.07, 6.45) is 0.994. The summed E-state index contributed by atoms with van der Waals surface area (Å²) in [7, 11) is 0. The predicted molar refractivity (Wildman–Crippen MR) is 74.2 cm³/mol. The smallest absolute Gasteiger partial charge is 0.371 e. The number of amides is 1. The fourth-order valence-electron chi connectivity index (χ4n) is 1.94. The quantitative estimate of drug-likeness (QED) is 0.737. The summed E-state index contributed by atoms with van der Waals surface area (Å²) in [6.45, 7) is 6.37. The second kappa shape index (κ2) is 6.56. The van der Waals surface area contributed by atoms with Gasteiger partial charge in [-0.3, -0.25) is 4.79 Å². The van der Waals surface area contributed by atoms with Crippen LogP contribution in [0.25, 0.3) is 0 Å². The highest BCUT2D eigenvalue weighted by atomic mass is 16.4. The van der Waals surface area contributed by atoms with E-state index in [4.69, 9.17) is 15.3 Å². The summed E-state index contributed by atoms with van der Waals surface area (Å²) in [5.74, 6) is -1.04. The first kappa shape index (κ1) is 16.2. The monoisotopic (exact) mass is 282 g/mol. The lowest BCUT2D eigenvalue weighted by Crippen LogP contribution is -2.33. The number of furan rings is 1. The predicted octanol–water partition coefficient (Wildman–Crippen LogP) is 1.75. The Balaban J connectivity index is 2.37. The van der Waals surface area contributed by atoms with E-state index in [0.717, 1.165) is 6.42 Å². The molecule has 6 heteroatoms. The minimum Gasteiger partial charge on any atom is -0.475 e. The third-order valence-corrected chi connectivity index (χ3v) is 2.65. The van der Waals surface area contributed by atoms with E-state index >= 15 is 0 Å². The molecule has 0 aliphatic heterocycles. The van der Waals surface area contributed by atoms with Crippen molar-refractivity contribution in [3.63, 3.8) is 0 Å². The number of hydrogen-bond acceptors (Lipinski definition) is 4. The fourth-order valence-corrected chi connectivity index (χ4v) is 1.94. The Labute approximate surface area is 118 Å². The highest BCUT2D eigenvalue weighted by Gasteiger charge is 2.18. The Bertz CT molecular complexity index is 474. The third kappa shape index (κ3) is 5.88. The van der Waals surface area contributed by atoms with Gasteiger partial charge in [0.05, 0.1) is 6.54 Å². The van der Waals surface area contributed by atoms with Gasteiger partial charge < -0.3 is 20.6 Å². The number of carbonyl (C=O) groups is 2. The molecule has 1 heterocycles. The van der Waals surface area contributed by atoms with E-state index in [9.17, 15) is 9.59 Å². The van der Waals surface area contributed by atoms with E-state index in [2.05, 4.69) is 26.1 Å². The topological polar surface area (TPSA) is 106 Å². The molecule has 4 N–H and O–H groups in total. The van der Waals surface area contributed by atoms with Crippen LogP contribution in [-0.2, 0) is 11.3 Å². The van der Waals surface area contributed by atoms with Crippen molar-refractivity contribution in [2.24, 2.45) is 11.1 Å². The van der Waals surface area contributed by atoms with E-state index in [1.165, 1.54) is 12.1 Å². The van der Waals surface area contributed by atoms with Crippen molar-refractivity contribution in [3.8, 4) is 0 Å². The number of carboxylic acids is 1. The molecule has 0 spiro atoms. The SMILES string of the molecule is CC(C)(C)CC(N)CC(=O)NCc1ccc(C(=O)O)o1. The van der Waals surface area contributed by atoms with E-state index in [-0.39, 0.29) is 36.1 Å². The maximum Gasteiger partial charge on any atom is 0.371 e. The van der Waals surface area contributed by atoms with E-state index < -0.39 is 5.97 Å². The molecule has 0 fully saturated rings. The number of rotatable bonds is 6. The Hall–Kier alpha value is -1.82. The van der Waals surface area contributed by atoms with Crippen molar-refractivity contribution in [2.45, 2.75) is 46.2 Å². The van der Waals surface area contributed by atoms with E-state index in [0.29, 0.717) is 5.76 Å².